The summed E-state index contributed by atoms with van der Waals surface area (Å²) < 4.78 is 10.5. The molecule has 0 aromatic heterocycles. The van der Waals surface area contributed by atoms with Crippen molar-refractivity contribution in [3.63, 3.8) is 0 Å². The standard InChI is InChI=1S/C13H18N2O3.ClH/c1-17-10-5-3-4-9(11(10)18-2)8-15-12(16)13(14)6-7-13;/h3-5H,6-8,14H2,1-2H3,(H,15,16);1H. The minimum atomic E-state index is -0.647. The summed E-state index contributed by atoms with van der Waals surface area (Å²) in [5.41, 5.74) is 6.04. The first-order valence-corrected chi connectivity index (χ1v) is 5.88. The lowest BCUT2D eigenvalue weighted by Crippen LogP contribution is -2.42. The molecule has 2 rings (SSSR count). The Hall–Kier alpha value is -1.46. The predicted octanol–water partition coefficient (Wildman–Crippen LogP) is 1.23. The Labute approximate surface area is 118 Å². The fraction of sp³-hybridized carbons (Fsp3) is 0.462. The van der Waals surface area contributed by atoms with Crippen molar-refractivity contribution >= 4 is 18.3 Å². The first kappa shape index (κ1) is 15.6. The highest BCUT2D eigenvalue weighted by atomic mass is 35.5. The number of nitrogens with one attached hydrogen (secondary N) is 1. The number of benzene rings is 1. The van der Waals surface area contributed by atoms with Crippen molar-refractivity contribution in [2.45, 2.75) is 24.9 Å². The number of halogens is 1. The van der Waals surface area contributed by atoms with Crippen molar-refractivity contribution in [2.75, 3.05) is 14.2 Å². The highest BCUT2D eigenvalue weighted by molar-refractivity contribution is 5.89. The average Bonchev–Trinajstić information content (AvgIpc) is 3.14. The number of carbonyl (C=O) groups excluding carboxylic acids is 1. The average molecular weight is 287 g/mol. The van der Waals surface area contributed by atoms with Gasteiger partial charge in [-0.2, -0.15) is 0 Å². The maximum atomic E-state index is 11.7. The quantitative estimate of drug-likeness (QED) is 0.854. The Bertz CT molecular complexity index is 461. The lowest BCUT2D eigenvalue weighted by molar-refractivity contribution is -0.123. The van der Waals surface area contributed by atoms with E-state index in [0.717, 1.165) is 18.4 Å². The molecule has 0 radical (unpaired) electrons. The fourth-order valence-corrected chi connectivity index (χ4v) is 1.81. The third kappa shape index (κ3) is 3.30. The van der Waals surface area contributed by atoms with Crippen LogP contribution in [0.15, 0.2) is 18.2 Å². The molecule has 19 heavy (non-hydrogen) atoms. The van der Waals surface area contributed by atoms with Gasteiger partial charge in [0.2, 0.25) is 5.91 Å². The smallest absolute Gasteiger partial charge is 0.240 e. The number of amides is 1. The van der Waals surface area contributed by atoms with Gasteiger partial charge in [-0.05, 0) is 18.9 Å². The van der Waals surface area contributed by atoms with Crippen LogP contribution in [0.4, 0.5) is 0 Å². The second-order valence-electron chi connectivity index (χ2n) is 4.49. The number of methoxy groups -OCH3 is 2. The molecule has 1 aliphatic rings. The van der Waals surface area contributed by atoms with Gasteiger partial charge in [-0.25, -0.2) is 0 Å². The molecule has 0 spiro atoms. The molecule has 0 heterocycles. The Kier molecular flexibility index (Phi) is 5.03. The van der Waals surface area contributed by atoms with Crippen molar-refractivity contribution in [1.29, 1.82) is 0 Å². The first-order valence-electron chi connectivity index (χ1n) is 5.88. The molecule has 0 saturated heterocycles. The third-order valence-corrected chi connectivity index (χ3v) is 3.16. The van der Waals surface area contributed by atoms with Gasteiger partial charge in [0, 0.05) is 12.1 Å². The topological polar surface area (TPSA) is 73.6 Å². The van der Waals surface area contributed by atoms with Crippen LogP contribution in [0.2, 0.25) is 0 Å². The molecule has 1 amide bonds. The van der Waals surface area contributed by atoms with Gasteiger partial charge in [0.15, 0.2) is 11.5 Å². The van der Waals surface area contributed by atoms with Crippen molar-refractivity contribution in [2.24, 2.45) is 5.73 Å². The summed E-state index contributed by atoms with van der Waals surface area (Å²) in [5, 5.41) is 2.83. The molecule has 1 aromatic carbocycles. The van der Waals surface area contributed by atoms with Gasteiger partial charge in [0.05, 0.1) is 19.8 Å². The fourth-order valence-electron chi connectivity index (χ4n) is 1.81. The van der Waals surface area contributed by atoms with Crippen LogP contribution in [0.3, 0.4) is 0 Å². The van der Waals surface area contributed by atoms with Crippen molar-refractivity contribution < 1.29 is 14.3 Å². The second kappa shape index (κ2) is 6.12. The molecule has 0 bridgehead atoms. The Morgan fingerprint density at radius 2 is 2.05 bits per heavy atom. The zero-order chi connectivity index (χ0) is 13.2. The van der Waals surface area contributed by atoms with Crippen LogP contribution < -0.4 is 20.5 Å². The normalized spacial score (nSPS) is 15.1. The molecular formula is C13H19ClN2O3. The van der Waals surface area contributed by atoms with Gasteiger partial charge in [0.25, 0.3) is 0 Å². The summed E-state index contributed by atoms with van der Waals surface area (Å²) in [5.74, 6) is 1.19. The molecular weight excluding hydrogens is 268 g/mol. The molecule has 0 unspecified atom stereocenters. The van der Waals surface area contributed by atoms with Crippen LogP contribution in [0.5, 0.6) is 11.5 Å². The van der Waals surface area contributed by atoms with Crippen LogP contribution in [-0.4, -0.2) is 25.7 Å². The van der Waals surface area contributed by atoms with Crippen LogP contribution in [-0.2, 0) is 11.3 Å². The molecule has 6 heteroatoms. The van der Waals surface area contributed by atoms with E-state index in [1.165, 1.54) is 0 Å². The molecule has 0 aliphatic heterocycles. The van der Waals surface area contributed by atoms with E-state index in [0.29, 0.717) is 18.0 Å². The number of hydrogen-bond acceptors (Lipinski definition) is 4. The molecule has 5 nitrogen and oxygen atoms in total. The summed E-state index contributed by atoms with van der Waals surface area (Å²) >= 11 is 0. The maximum absolute atomic E-state index is 11.7. The number of rotatable bonds is 5. The van der Waals surface area contributed by atoms with E-state index < -0.39 is 5.54 Å². The highest BCUT2D eigenvalue weighted by Gasteiger charge is 2.45. The Morgan fingerprint density at radius 1 is 1.37 bits per heavy atom. The molecule has 3 N–H and O–H groups in total. The van der Waals surface area contributed by atoms with Gasteiger partial charge < -0.3 is 20.5 Å². The highest BCUT2D eigenvalue weighted by Crippen LogP contribution is 2.33. The largest absolute Gasteiger partial charge is 0.493 e. The van der Waals surface area contributed by atoms with Crippen molar-refractivity contribution in [1.82, 2.24) is 5.32 Å². The zero-order valence-corrected chi connectivity index (χ0v) is 11.9. The molecule has 106 valence electrons. The lowest BCUT2D eigenvalue weighted by atomic mass is 10.1. The van der Waals surface area contributed by atoms with E-state index in [1.807, 2.05) is 18.2 Å². The van der Waals surface area contributed by atoms with E-state index in [-0.39, 0.29) is 18.3 Å². The summed E-state index contributed by atoms with van der Waals surface area (Å²) in [6, 6.07) is 5.56. The maximum Gasteiger partial charge on any atom is 0.240 e. The summed E-state index contributed by atoms with van der Waals surface area (Å²) in [7, 11) is 3.16. The van der Waals surface area contributed by atoms with Gasteiger partial charge in [-0.15, -0.1) is 12.4 Å². The number of nitrogens with two attached hydrogens (primary N) is 1. The molecule has 0 atom stereocenters. The third-order valence-electron chi connectivity index (χ3n) is 3.16. The lowest BCUT2D eigenvalue weighted by Gasteiger charge is -2.14. The van der Waals surface area contributed by atoms with Gasteiger partial charge in [-0.3, -0.25) is 4.79 Å². The van der Waals surface area contributed by atoms with Gasteiger partial charge in [-0.1, -0.05) is 12.1 Å². The molecule has 1 aliphatic carbocycles. The first-order chi connectivity index (χ1) is 8.60. The summed E-state index contributed by atoms with van der Waals surface area (Å²) in [6.07, 6.45) is 1.52. The minimum Gasteiger partial charge on any atom is -0.493 e. The van der Waals surface area contributed by atoms with E-state index in [1.54, 1.807) is 14.2 Å². The minimum absolute atomic E-state index is 0. The zero-order valence-electron chi connectivity index (χ0n) is 11.1. The van der Waals surface area contributed by atoms with Crippen molar-refractivity contribution in [3.05, 3.63) is 23.8 Å². The van der Waals surface area contributed by atoms with Crippen LogP contribution in [0.25, 0.3) is 0 Å². The van der Waals surface area contributed by atoms with E-state index in [2.05, 4.69) is 5.32 Å². The summed E-state index contributed by atoms with van der Waals surface area (Å²) in [4.78, 5) is 11.7. The molecule has 1 aromatic rings. The Balaban J connectivity index is 0.00000180. The molecule has 1 saturated carbocycles. The number of ether oxygens (including phenoxy) is 2. The van der Waals surface area contributed by atoms with E-state index in [9.17, 15) is 4.79 Å². The predicted molar refractivity (Wildman–Crippen MR) is 74.8 cm³/mol. The molecule has 1 fully saturated rings. The second-order valence-corrected chi connectivity index (χ2v) is 4.49. The number of para-hydroxylation sites is 1. The summed E-state index contributed by atoms with van der Waals surface area (Å²) in [6.45, 7) is 0.387. The Morgan fingerprint density at radius 3 is 2.58 bits per heavy atom. The van der Waals surface area contributed by atoms with Crippen LogP contribution in [0, 0.1) is 0 Å². The van der Waals surface area contributed by atoms with Crippen molar-refractivity contribution in [3.8, 4) is 11.5 Å². The van der Waals surface area contributed by atoms with Crippen LogP contribution >= 0.6 is 12.4 Å². The number of carbonyl (C=O) groups is 1. The van der Waals surface area contributed by atoms with Crippen LogP contribution in [0.1, 0.15) is 18.4 Å². The monoisotopic (exact) mass is 286 g/mol. The van der Waals surface area contributed by atoms with E-state index in [4.69, 9.17) is 15.2 Å². The number of hydrogen-bond donors (Lipinski definition) is 2. The van der Waals surface area contributed by atoms with E-state index >= 15 is 0 Å². The van der Waals surface area contributed by atoms with Gasteiger partial charge in [0.1, 0.15) is 0 Å². The van der Waals surface area contributed by atoms with Gasteiger partial charge >= 0.3 is 0 Å². The SMILES string of the molecule is COc1cccc(CNC(=O)C2(N)CC2)c1OC.Cl.